The highest BCUT2D eigenvalue weighted by molar-refractivity contribution is 5.84. The Morgan fingerprint density at radius 3 is 2.22 bits per heavy atom. The van der Waals surface area contributed by atoms with E-state index in [1.165, 1.54) is 0 Å². The molecule has 0 aliphatic heterocycles. The lowest BCUT2D eigenvalue weighted by atomic mass is 9.75. The first-order chi connectivity index (χ1) is 8.54. The van der Waals surface area contributed by atoms with Gasteiger partial charge in [0.2, 0.25) is 0 Å². The minimum absolute atomic E-state index is 0.189. The van der Waals surface area contributed by atoms with Crippen molar-refractivity contribution in [1.82, 2.24) is 0 Å². The van der Waals surface area contributed by atoms with Crippen LogP contribution in [0.5, 0.6) is 0 Å². The monoisotopic (exact) mass is 254 g/mol. The standard InChI is InChI=1S/C15H26O3/c1-4-18-15(17)10-9-14(16)13-7-5-12(6-8-13)11(2)3/h11-13H,4-10H2,1-3H3. The lowest BCUT2D eigenvalue weighted by molar-refractivity contribution is -0.144. The van der Waals surface area contributed by atoms with Crippen LogP contribution in [0.15, 0.2) is 0 Å². The quantitative estimate of drug-likeness (QED) is 0.683. The Kier molecular flexibility index (Phi) is 6.37. The lowest BCUT2D eigenvalue weighted by Gasteiger charge is -2.30. The maximum absolute atomic E-state index is 12.0. The third kappa shape index (κ3) is 4.79. The summed E-state index contributed by atoms with van der Waals surface area (Å²) in [5.41, 5.74) is 0. The summed E-state index contributed by atoms with van der Waals surface area (Å²) in [7, 11) is 0. The normalized spacial score (nSPS) is 24.0. The molecule has 3 heteroatoms. The van der Waals surface area contributed by atoms with Gasteiger partial charge in [0.15, 0.2) is 0 Å². The summed E-state index contributed by atoms with van der Waals surface area (Å²) in [4.78, 5) is 23.2. The van der Waals surface area contributed by atoms with Crippen molar-refractivity contribution < 1.29 is 14.3 Å². The van der Waals surface area contributed by atoms with Crippen molar-refractivity contribution >= 4 is 11.8 Å². The molecule has 3 nitrogen and oxygen atoms in total. The number of carbonyl (C=O) groups is 2. The number of rotatable bonds is 6. The van der Waals surface area contributed by atoms with Gasteiger partial charge >= 0.3 is 5.97 Å². The molecular weight excluding hydrogens is 228 g/mol. The van der Waals surface area contributed by atoms with Crippen molar-refractivity contribution in [2.75, 3.05) is 6.61 Å². The summed E-state index contributed by atoms with van der Waals surface area (Å²) in [6, 6.07) is 0. The van der Waals surface area contributed by atoms with Crippen molar-refractivity contribution in [3.63, 3.8) is 0 Å². The number of ketones is 1. The highest BCUT2D eigenvalue weighted by Gasteiger charge is 2.27. The molecule has 0 saturated heterocycles. The summed E-state index contributed by atoms with van der Waals surface area (Å²) in [5.74, 6) is 1.70. The molecule has 0 radical (unpaired) electrons. The van der Waals surface area contributed by atoms with Crippen LogP contribution in [0.4, 0.5) is 0 Å². The molecule has 0 N–H and O–H groups in total. The summed E-state index contributed by atoms with van der Waals surface area (Å²) in [6.45, 7) is 6.70. The molecule has 1 fully saturated rings. The second kappa shape index (κ2) is 7.55. The molecule has 0 amide bonds. The van der Waals surface area contributed by atoms with Gasteiger partial charge in [0.25, 0.3) is 0 Å². The number of hydrogen-bond donors (Lipinski definition) is 0. The number of Topliss-reactive ketones (excluding diaryl/α,β-unsaturated/α-hetero) is 1. The number of carbonyl (C=O) groups excluding carboxylic acids is 2. The first-order valence-electron chi connectivity index (χ1n) is 7.22. The van der Waals surface area contributed by atoms with E-state index in [4.69, 9.17) is 4.74 Å². The minimum Gasteiger partial charge on any atom is -0.466 e. The van der Waals surface area contributed by atoms with Gasteiger partial charge in [-0.25, -0.2) is 0 Å². The smallest absolute Gasteiger partial charge is 0.306 e. The predicted molar refractivity (Wildman–Crippen MR) is 71.2 cm³/mol. The zero-order valence-corrected chi connectivity index (χ0v) is 11.9. The first kappa shape index (κ1) is 15.2. The third-order valence-corrected chi connectivity index (χ3v) is 4.05. The Hall–Kier alpha value is -0.860. The molecule has 0 spiro atoms. The van der Waals surface area contributed by atoms with E-state index >= 15 is 0 Å². The van der Waals surface area contributed by atoms with Gasteiger partial charge in [-0.2, -0.15) is 0 Å². The molecule has 0 bridgehead atoms. The second-order valence-electron chi connectivity index (χ2n) is 5.63. The second-order valence-corrected chi connectivity index (χ2v) is 5.63. The zero-order valence-electron chi connectivity index (χ0n) is 11.9. The van der Waals surface area contributed by atoms with E-state index in [1.54, 1.807) is 6.92 Å². The van der Waals surface area contributed by atoms with Crippen LogP contribution in [0.25, 0.3) is 0 Å². The highest BCUT2D eigenvalue weighted by Crippen LogP contribution is 2.34. The van der Waals surface area contributed by atoms with Crippen molar-refractivity contribution in [3.05, 3.63) is 0 Å². The average Bonchev–Trinajstić information content (AvgIpc) is 2.36. The highest BCUT2D eigenvalue weighted by atomic mass is 16.5. The van der Waals surface area contributed by atoms with Crippen LogP contribution in [0, 0.1) is 17.8 Å². The molecular formula is C15H26O3. The van der Waals surface area contributed by atoms with Crippen molar-refractivity contribution in [3.8, 4) is 0 Å². The lowest BCUT2D eigenvalue weighted by Crippen LogP contribution is -2.24. The SMILES string of the molecule is CCOC(=O)CCC(=O)C1CCC(C(C)C)CC1. The van der Waals surface area contributed by atoms with Crippen LogP contribution in [-0.2, 0) is 14.3 Å². The number of esters is 1. The van der Waals surface area contributed by atoms with Gasteiger partial charge < -0.3 is 4.74 Å². The molecule has 0 aromatic heterocycles. The number of ether oxygens (including phenoxy) is 1. The van der Waals surface area contributed by atoms with Crippen LogP contribution in [0.3, 0.4) is 0 Å². The Morgan fingerprint density at radius 2 is 1.72 bits per heavy atom. The Balaban J connectivity index is 2.26. The van der Waals surface area contributed by atoms with E-state index in [1.807, 2.05) is 0 Å². The van der Waals surface area contributed by atoms with E-state index in [9.17, 15) is 9.59 Å². The van der Waals surface area contributed by atoms with E-state index < -0.39 is 0 Å². The van der Waals surface area contributed by atoms with Gasteiger partial charge in [-0.05, 0) is 44.4 Å². The molecule has 104 valence electrons. The van der Waals surface area contributed by atoms with Crippen molar-refractivity contribution in [2.24, 2.45) is 17.8 Å². The van der Waals surface area contributed by atoms with E-state index in [0.717, 1.165) is 37.5 Å². The van der Waals surface area contributed by atoms with Gasteiger partial charge in [-0.15, -0.1) is 0 Å². The van der Waals surface area contributed by atoms with Crippen LogP contribution < -0.4 is 0 Å². The largest absolute Gasteiger partial charge is 0.466 e. The summed E-state index contributed by atoms with van der Waals surface area (Å²) < 4.78 is 4.84. The average molecular weight is 254 g/mol. The molecule has 1 aliphatic carbocycles. The first-order valence-corrected chi connectivity index (χ1v) is 7.22. The van der Waals surface area contributed by atoms with Crippen LogP contribution in [0.1, 0.15) is 59.3 Å². The van der Waals surface area contributed by atoms with Crippen LogP contribution in [-0.4, -0.2) is 18.4 Å². The molecule has 1 rings (SSSR count). The predicted octanol–water partition coefficient (Wildman–Crippen LogP) is 3.36. The molecule has 0 aromatic carbocycles. The summed E-state index contributed by atoms with van der Waals surface area (Å²) >= 11 is 0. The number of hydrogen-bond acceptors (Lipinski definition) is 3. The van der Waals surface area contributed by atoms with Crippen LogP contribution in [0.2, 0.25) is 0 Å². The van der Waals surface area contributed by atoms with Gasteiger partial charge in [-0.3, -0.25) is 9.59 Å². The van der Waals surface area contributed by atoms with E-state index in [0.29, 0.717) is 13.0 Å². The molecule has 1 aliphatic rings. The minimum atomic E-state index is -0.248. The summed E-state index contributed by atoms with van der Waals surface area (Å²) in [6.07, 6.45) is 4.93. The Morgan fingerprint density at radius 1 is 1.11 bits per heavy atom. The molecule has 0 heterocycles. The van der Waals surface area contributed by atoms with E-state index in [-0.39, 0.29) is 24.1 Å². The third-order valence-electron chi connectivity index (χ3n) is 4.05. The van der Waals surface area contributed by atoms with Gasteiger partial charge in [0, 0.05) is 12.3 Å². The maximum atomic E-state index is 12.0. The van der Waals surface area contributed by atoms with Gasteiger partial charge in [0.05, 0.1) is 13.0 Å². The molecule has 1 saturated carbocycles. The summed E-state index contributed by atoms with van der Waals surface area (Å²) in [5, 5.41) is 0. The van der Waals surface area contributed by atoms with Gasteiger partial charge in [0.1, 0.15) is 5.78 Å². The van der Waals surface area contributed by atoms with Gasteiger partial charge in [-0.1, -0.05) is 13.8 Å². The Bertz CT molecular complexity index is 275. The molecule has 18 heavy (non-hydrogen) atoms. The van der Waals surface area contributed by atoms with Crippen molar-refractivity contribution in [2.45, 2.75) is 59.3 Å². The molecule has 0 aromatic rings. The van der Waals surface area contributed by atoms with Crippen molar-refractivity contribution in [1.29, 1.82) is 0 Å². The fourth-order valence-corrected chi connectivity index (χ4v) is 2.77. The topological polar surface area (TPSA) is 43.4 Å². The zero-order chi connectivity index (χ0) is 13.5. The Labute approximate surface area is 110 Å². The van der Waals surface area contributed by atoms with Crippen LogP contribution >= 0.6 is 0 Å². The fourth-order valence-electron chi connectivity index (χ4n) is 2.77. The maximum Gasteiger partial charge on any atom is 0.306 e. The van der Waals surface area contributed by atoms with E-state index in [2.05, 4.69) is 13.8 Å². The fraction of sp³-hybridized carbons (Fsp3) is 0.867. The molecule has 0 unspecified atom stereocenters. The molecule has 0 atom stereocenters.